The molecule has 1 aliphatic carbocycles. The van der Waals surface area contributed by atoms with Crippen LogP contribution < -0.4 is 15.6 Å². The standard InChI is InChI=1S/C27H27FN2O4/c1-18(31)34-23-14-12-22(13-15-23)29-26(32)24-16-20-6-4-2-3-5-7-25(20)30(27(24)33)17-19-8-10-21(28)11-9-19/h8-16H,2-7,17H2,1H3,(H,29,32). The zero-order valence-corrected chi connectivity index (χ0v) is 19.1. The molecule has 0 bridgehead atoms. The smallest absolute Gasteiger partial charge is 0.308 e. The second-order valence-electron chi connectivity index (χ2n) is 8.53. The van der Waals surface area contributed by atoms with Crippen molar-refractivity contribution in [3.8, 4) is 5.75 Å². The lowest BCUT2D eigenvalue weighted by Crippen LogP contribution is -2.33. The van der Waals surface area contributed by atoms with Gasteiger partial charge in [0.15, 0.2) is 0 Å². The third kappa shape index (κ3) is 5.60. The SMILES string of the molecule is CC(=O)Oc1ccc(NC(=O)c2cc3c(n(Cc4ccc(F)cc4)c2=O)CCCCCC3)cc1. The average Bonchev–Trinajstić information content (AvgIpc) is 2.79. The van der Waals surface area contributed by atoms with Crippen molar-refractivity contribution in [2.75, 3.05) is 5.32 Å². The van der Waals surface area contributed by atoms with E-state index < -0.39 is 11.9 Å². The largest absolute Gasteiger partial charge is 0.427 e. The normalized spacial score (nSPS) is 13.4. The fourth-order valence-corrected chi connectivity index (χ4v) is 4.31. The lowest BCUT2D eigenvalue weighted by Gasteiger charge is -2.21. The van der Waals surface area contributed by atoms with Gasteiger partial charge in [-0.2, -0.15) is 0 Å². The molecule has 2 aromatic carbocycles. The first-order chi connectivity index (χ1) is 16.4. The second-order valence-corrected chi connectivity index (χ2v) is 8.53. The molecule has 0 unspecified atom stereocenters. The number of hydrogen-bond donors (Lipinski definition) is 1. The Kier molecular flexibility index (Phi) is 7.21. The first-order valence-electron chi connectivity index (χ1n) is 11.5. The minimum atomic E-state index is -0.497. The molecule has 0 atom stereocenters. The molecule has 0 radical (unpaired) electrons. The highest BCUT2D eigenvalue weighted by atomic mass is 19.1. The monoisotopic (exact) mass is 462 g/mol. The molecule has 0 aliphatic heterocycles. The van der Waals surface area contributed by atoms with E-state index in [1.165, 1.54) is 19.1 Å². The number of nitrogens with one attached hydrogen (secondary N) is 1. The molecule has 7 heteroatoms. The van der Waals surface area contributed by atoms with Crippen LogP contribution in [0.25, 0.3) is 0 Å². The molecule has 1 aliphatic rings. The number of aryl methyl sites for hydroxylation is 1. The van der Waals surface area contributed by atoms with Crippen molar-refractivity contribution in [2.45, 2.75) is 52.0 Å². The Morgan fingerprint density at radius 1 is 0.971 bits per heavy atom. The summed E-state index contributed by atoms with van der Waals surface area (Å²) in [7, 11) is 0. The molecular formula is C27H27FN2O4. The number of benzene rings is 2. The molecule has 1 heterocycles. The van der Waals surface area contributed by atoms with Crippen molar-refractivity contribution < 1.29 is 18.7 Å². The fraction of sp³-hybridized carbons (Fsp3) is 0.296. The Morgan fingerprint density at radius 2 is 1.65 bits per heavy atom. The summed E-state index contributed by atoms with van der Waals surface area (Å²) in [5.41, 5.74) is 2.96. The van der Waals surface area contributed by atoms with E-state index in [4.69, 9.17) is 4.74 Å². The lowest BCUT2D eigenvalue weighted by molar-refractivity contribution is -0.131. The predicted octanol–water partition coefficient (Wildman–Crippen LogP) is 4.87. The van der Waals surface area contributed by atoms with Gasteiger partial charge in [-0.05, 0) is 79.3 Å². The maximum atomic E-state index is 13.5. The average molecular weight is 463 g/mol. The minimum Gasteiger partial charge on any atom is -0.427 e. The number of halogens is 1. The van der Waals surface area contributed by atoms with Crippen molar-refractivity contribution in [3.05, 3.63) is 93.2 Å². The van der Waals surface area contributed by atoms with Crippen LogP contribution in [0.2, 0.25) is 0 Å². The van der Waals surface area contributed by atoms with Gasteiger partial charge in [0.05, 0.1) is 6.54 Å². The number of amides is 1. The van der Waals surface area contributed by atoms with E-state index in [0.29, 0.717) is 11.4 Å². The molecule has 3 aromatic rings. The summed E-state index contributed by atoms with van der Waals surface area (Å²) in [6.07, 6.45) is 5.78. The highest BCUT2D eigenvalue weighted by Gasteiger charge is 2.20. The molecular weight excluding hydrogens is 435 g/mol. The zero-order valence-electron chi connectivity index (χ0n) is 19.1. The number of pyridine rings is 1. The summed E-state index contributed by atoms with van der Waals surface area (Å²) in [4.78, 5) is 37.7. The summed E-state index contributed by atoms with van der Waals surface area (Å²) in [6, 6.07) is 14.2. The van der Waals surface area contributed by atoms with Gasteiger partial charge in [0.2, 0.25) is 0 Å². The number of esters is 1. The Bertz CT molecular complexity index is 1250. The van der Waals surface area contributed by atoms with Crippen LogP contribution in [-0.4, -0.2) is 16.4 Å². The second kappa shape index (κ2) is 10.5. The number of carbonyl (C=O) groups excluding carboxylic acids is 2. The number of rotatable bonds is 5. The number of fused-ring (bicyclic) bond motifs is 1. The number of ether oxygens (including phenoxy) is 1. The number of anilines is 1. The first-order valence-corrected chi connectivity index (χ1v) is 11.5. The third-order valence-corrected chi connectivity index (χ3v) is 5.97. The molecule has 1 N–H and O–H groups in total. The summed E-state index contributed by atoms with van der Waals surface area (Å²) in [5, 5.41) is 2.77. The fourth-order valence-electron chi connectivity index (χ4n) is 4.31. The van der Waals surface area contributed by atoms with Gasteiger partial charge in [-0.15, -0.1) is 0 Å². The molecule has 4 rings (SSSR count). The van der Waals surface area contributed by atoms with E-state index >= 15 is 0 Å². The molecule has 1 aromatic heterocycles. The van der Waals surface area contributed by atoms with Gasteiger partial charge < -0.3 is 14.6 Å². The van der Waals surface area contributed by atoms with Crippen LogP contribution in [0.5, 0.6) is 5.75 Å². The maximum Gasteiger partial charge on any atom is 0.308 e. The van der Waals surface area contributed by atoms with Crippen LogP contribution >= 0.6 is 0 Å². The van der Waals surface area contributed by atoms with Crippen molar-refractivity contribution in [2.24, 2.45) is 0 Å². The van der Waals surface area contributed by atoms with E-state index in [1.807, 2.05) is 0 Å². The molecule has 34 heavy (non-hydrogen) atoms. The van der Waals surface area contributed by atoms with Crippen LogP contribution in [0.4, 0.5) is 10.1 Å². The number of nitrogens with zero attached hydrogens (tertiary/aromatic N) is 1. The maximum absolute atomic E-state index is 13.5. The number of hydrogen-bond acceptors (Lipinski definition) is 4. The van der Waals surface area contributed by atoms with Crippen LogP contribution in [0, 0.1) is 5.82 Å². The van der Waals surface area contributed by atoms with E-state index in [9.17, 15) is 18.8 Å². The van der Waals surface area contributed by atoms with Crippen molar-refractivity contribution in [1.29, 1.82) is 0 Å². The quantitative estimate of drug-likeness (QED) is 0.433. The lowest BCUT2D eigenvalue weighted by atomic mass is 9.95. The number of aromatic nitrogens is 1. The predicted molar refractivity (Wildman–Crippen MR) is 128 cm³/mol. The Labute approximate surface area is 197 Å². The summed E-state index contributed by atoms with van der Waals surface area (Å²) in [6.45, 7) is 1.59. The van der Waals surface area contributed by atoms with Gasteiger partial charge in [0, 0.05) is 18.3 Å². The van der Waals surface area contributed by atoms with Gasteiger partial charge in [-0.3, -0.25) is 14.4 Å². The van der Waals surface area contributed by atoms with Crippen molar-refractivity contribution in [3.63, 3.8) is 0 Å². The summed E-state index contributed by atoms with van der Waals surface area (Å²) >= 11 is 0. The van der Waals surface area contributed by atoms with Crippen molar-refractivity contribution >= 4 is 17.6 Å². The van der Waals surface area contributed by atoms with Gasteiger partial charge >= 0.3 is 5.97 Å². The van der Waals surface area contributed by atoms with Gasteiger partial charge in [0.1, 0.15) is 17.1 Å². The molecule has 0 fully saturated rings. The molecule has 0 spiro atoms. The van der Waals surface area contributed by atoms with Crippen LogP contribution in [0.3, 0.4) is 0 Å². The minimum absolute atomic E-state index is 0.0745. The van der Waals surface area contributed by atoms with E-state index in [0.717, 1.165) is 55.3 Å². The van der Waals surface area contributed by atoms with Crippen molar-refractivity contribution in [1.82, 2.24) is 4.57 Å². The highest BCUT2D eigenvalue weighted by Crippen LogP contribution is 2.22. The van der Waals surface area contributed by atoms with E-state index in [-0.39, 0.29) is 23.5 Å². The molecule has 1 amide bonds. The Hall–Kier alpha value is -3.74. The number of carbonyl (C=O) groups is 2. The molecule has 176 valence electrons. The van der Waals surface area contributed by atoms with Gasteiger partial charge in [-0.1, -0.05) is 25.0 Å². The highest BCUT2D eigenvalue weighted by molar-refractivity contribution is 6.04. The van der Waals surface area contributed by atoms with Crippen LogP contribution in [0.15, 0.2) is 59.4 Å². The molecule has 0 saturated carbocycles. The summed E-state index contributed by atoms with van der Waals surface area (Å²) < 4.78 is 20.1. The Balaban J connectivity index is 1.68. The molecule has 6 nitrogen and oxygen atoms in total. The zero-order chi connectivity index (χ0) is 24.1. The van der Waals surface area contributed by atoms with Crippen LogP contribution in [0.1, 0.15) is 59.8 Å². The van der Waals surface area contributed by atoms with Gasteiger partial charge in [0.25, 0.3) is 11.5 Å². The van der Waals surface area contributed by atoms with Gasteiger partial charge in [-0.25, -0.2) is 4.39 Å². The topological polar surface area (TPSA) is 77.4 Å². The Morgan fingerprint density at radius 3 is 2.32 bits per heavy atom. The first kappa shape index (κ1) is 23.4. The van der Waals surface area contributed by atoms with Crippen LogP contribution in [-0.2, 0) is 24.2 Å². The summed E-state index contributed by atoms with van der Waals surface area (Å²) in [5.74, 6) is -0.894. The van der Waals surface area contributed by atoms with E-state index in [1.54, 1.807) is 47.0 Å². The third-order valence-electron chi connectivity index (χ3n) is 5.97. The molecule has 0 saturated heterocycles. The van der Waals surface area contributed by atoms with E-state index in [2.05, 4.69) is 5.32 Å².